The molecule has 1 saturated heterocycles. The molecule has 3 rings (SSSR count). The zero-order valence-electron chi connectivity index (χ0n) is 11.0. The third-order valence-electron chi connectivity index (χ3n) is 3.15. The minimum absolute atomic E-state index is 0.664. The standard InChI is InChI=1S/C8H8O2.C7H15N/c1-2-4-8-7(3-1)9-5-6-10-8;1-2-4-6-8-7-5-3-1/h1-4H,5-6H2;8H,1-7H2. The van der Waals surface area contributed by atoms with Gasteiger partial charge in [-0.25, -0.2) is 0 Å². The van der Waals surface area contributed by atoms with Gasteiger partial charge in [0.1, 0.15) is 13.2 Å². The molecule has 0 bridgehead atoms. The van der Waals surface area contributed by atoms with Gasteiger partial charge in [-0.2, -0.15) is 0 Å². The van der Waals surface area contributed by atoms with Gasteiger partial charge in [0.15, 0.2) is 11.5 Å². The van der Waals surface area contributed by atoms with E-state index in [1.165, 1.54) is 45.2 Å². The molecule has 0 radical (unpaired) electrons. The number of rotatable bonds is 0. The van der Waals surface area contributed by atoms with Crippen LogP contribution in [-0.4, -0.2) is 26.3 Å². The van der Waals surface area contributed by atoms with Crippen molar-refractivity contribution >= 4 is 0 Å². The molecule has 2 aliphatic heterocycles. The van der Waals surface area contributed by atoms with Crippen molar-refractivity contribution in [3.8, 4) is 11.5 Å². The van der Waals surface area contributed by atoms with Crippen molar-refractivity contribution in [1.82, 2.24) is 5.32 Å². The number of benzene rings is 1. The topological polar surface area (TPSA) is 30.5 Å². The molecule has 3 heteroatoms. The lowest BCUT2D eigenvalue weighted by molar-refractivity contribution is 0.171. The van der Waals surface area contributed by atoms with Gasteiger partial charge in [0.05, 0.1) is 0 Å². The Morgan fingerprint density at radius 2 is 1.22 bits per heavy atom. The quantitative estimate of drug-likeness (QED) is 0.766. The summed E-state index contributed by atoms with van der Waals surface area (Å²) in [5.41, 5.74) is 0. The maximum absolute atomic E-state index is 5.30. The van der Waals surface area contributed by atoms with Crippen LogP contribution in [0.5, 0.6) is 11.5 Å². The van der Waals surface area contributed by atoms with Crippen molar-refractivity contribution in [2.45, 2.75) is 32.1 Å². The molecular weight excluding hydrogens is 226 g/mol. The van der Waals surface area contributed by atoms with Crippen LogP contribution < -0.4 is 14.8 Å². The van der Waals surface area contributed by atoms with E-state index in [9.17, 15) is 0 Å². The molecule has 18 heavy (non-hydrogen) atoms. The minimum Gasteiger partial charge on any atom is -0.486 e. The summed E-state index contributed by atoms with van der Waals surface area (Å²) in [5, 5.41) is 3.39. The largest absolute Gasteiger partial charge is 0.486 e. The lowest BCUT2D eigenvalue weighted by Crippen LogP contribution is -2.18. The Balaban J connectivity index is 0.000000138. The van der Waals surface area contributed by atoms with Crippen LogP contribution in [0, 0.1) is 0 Å². The van der Waals surface area contributed by atoms with E-state index in [1.807, 2.05) is 24.3 Å². The van der Waals surface area contributed by atoms with Crippen molar-refractivity contribution in [3.63, 3.8) is 0 Å². The SMILES string of the molecule is C1CCCNCCC1.c1ccc2c(c1)OCCO2. The van der Waals surface area contributed by atoms with Gasteiger partial charge < -0.3 is 14.8 Å². The molecule has 0 aromatic heterocycles. The Bertz CT molecular complexity index is 292. The maximum Gasteiger partial charge on any atom is 0.161 e. The molecule has 2 aliphatic rings. The van der Waals surface area contributed by atoms with E-state index >= 15 is 0 Å². The molecule has 100 valence electrons. The molecule has 1 aromatic carbocycles. The van der Waals surface area contributed by atoms with E-state index in [-0.39, 0.29) is 0 Å². The van der Waals surface area contributed by atoms with Crippen LogP contribution in [-0.2, 0) is 0 Å². The highest BCUT2D eigenvalue weighted by atomic mass is 16.6. The van der Waals surface area contributed by atoms with Crippen molar-refractivity contribution in [3.05, 3.63) is 24.3 Å². The van der Waals surface area contributed by atoms with E-state index < -0.39 is 0 Å². The number of hydrogen-bond acceptors (Lipinski definition) is 3. The highest BCUT2D eigenvalue weighted by Gasteiger charge is 2.07. The van der Waals surface area contributed by atoms with E-state index in [2.05, 4.69) is 5.32 Å². The molecule has 0 saturated carbocycles. The Morgan fingerprint density at radius 3 is 1.78 bits per heavy atom. The Kier molecular flexibility index (Phi) is 5.86. The molecule has 0 atom stereocenters. The van der Waals surface area contributed by atoms with Gasteiger partial charge in [-0.3, -0.25) is 0 Å². The zero-order valence-corrected chi connectivity index (χ0v) is 11.0. The lowest BCUT2D eigenvalue weighted by Gasteiger charge is -2.17. The average molecular weight is 249 g/mol. The third-order valence-corrected chi connectivity index (χ3v) is 3.15. The molecule has 0 amide bonds. The number of fused-ring (bicyclic) bond motifs is 1. The highest BCUT2D eigenvalue weighted by molar-refractivity contribution is 5.40. The summed E-state index contributed by atoms with van der Waals surface area (Å²) in [7, 11) is 0. The normalized spacial score (nSPS) is 18.9. The molecular formula is C15H23NO2. The van der Waals surface area contributed by atoms with E-state index in [0.717, 1.165) is 11.5 Å². The molecule has 1 N–H and O–H groups in total. The fraction of sp³-hybridized carbons (Fsp3) is 0.600. The van der Waals surface area contributed by atoms with Gasteiger partial charge in [0.2, 0.25) is 0 Å². The lowest BCUT2D eigenvalue weighted by atomic mass is 10.1. The minimum atomic E-state index is 0.664. The summed E-state index contributed by atoms with van der Waals surface area (Å²) in [6.45, 7) is 3.83. The second kappa shape index (κ2) is 7.98. The van der Waals surface area contributed by atoms with Crippen LogP contribution in [0.3, 0.4) is 0 Å². The summed E-state index contributed by atoms with van der Waals surface area (Å²) in [6.07, 6.45) is 7.11. The average Bonchev–Trinajstić information content (AvgIpc) is 2.39. The summed E-state index contributed by atoms with van der Waals surface area (Å²) in [6, 6.07) is 7.70. The first-order chi connectivity index (χ1) is 8.97. The molecule has 1 aromatic rings. The smallest absolute Gasteiger partial charge is 0.161 e. The molecule has 0 aliphatic carbocycles. The van der Waals surface area contributed by atoms with Gasteiger partial charge >= 0.3 is 0 Å². The number of nitrogens with one attached hydrogen (secondary N) is 1. The van der Waals surface area contributed by atoms with Crippen LogP contribution in [0.2, 0.25) is 0 Å². The van der Waals surface area contributed by atoms with Gasteiger partial charge in [0.25, 0.3) is 0 Å². The summed E-state index contributed by atoms with van der Waals surface area (Å²) in [5.74, 6) is 1.71. The number of ether oxygens (including phenoxy) is 2. The predicted octanol–water partition coefficient (Wildman–Crippen LogP) is 3.00. The summed E-state index contributed by atoms with van der Waals surface area (Å²) >= 11 is 0. The maximum atomic E-state index is 5.30. The molecule has 2 heterocycles. The number of para-hydroxylation sites is 2. The van der Waals surface area contributed by atoms with Crippen molar-refractivity contribution in [2.75, 3.05) is 26.3 Å². The van der Waals surface area contributed by atoms with E-state index in [1.54, 1.807) is 0 Å². The second-order valence-corrected chi connectivity index (χ2v) is 4.66. The highest BCUT2D eigenvalue weighted by Crippen LogP contribution is 2.28. The van der Waals surface area contributed by atoms with Crippen LogP contribution in [0.15, 0.2) is 24.3 Å². The third kappa shape index (κ3) is 4.57. The summed E-state index contributed by atoms with van der Waals surface area (Å²) < 4.78 is 10.6. The fourth-order valence-corrected chi connectivity index (χ4v) is 2.15. The van der Waals surface area contributed by atoms with Crippen molar-refractivity contribution in [2.24, 2.45) is 0 Å². The van der Waals surface area contributed by atoms with Crippen LogP contribution in [0.1, 0.15) is 32.1 Å². The fourth-order valence-electron chi connectivity index (χ4n) is 2.15. The Labute approximate surface area is 109 Å². The molecule has 0 unspecified atom stereocenters. The van der Waals surface area contributed by atoms with Crippen molar-refractivity contribution < 1.29 is 9.47 Å². The van der Waals surface area contributed by atoms with Crippen molar-refractivity contribution in [1.29, 1.82) is 0 Å². The predicted molar refractivity (Wildman–Crippen MR) is 73.4 cm³/mol. The molecule has 1 fully saturated rings. The van der Waals surface area contributed by atoms with Gasteiger partial charge in [-0.05, 0) is 38.1 Å². The van der Waals surface area contributed by atoms with E-state index in [0.29, 0.717) is 13.2 Å². The first-order valence-electron chi connectivity index (χ1n) is 7.02. The van der Waals surface area contributed by atoms with Gasteiger partial charge in [0, 0.05) is 0 Å². The van der Waals surface area contributed by atoms with E-state index in [4.69, 9.17) is 9.47 Å². The van der Waals surface area contributed by atoms with Crippen LogP contribution in [0.4, 0.5) is 0 Å². The first kappa shape index (κ1) is 13.2. The van der Waals surface area contributed by atoms with Crippen LogP contribution in [0.25, 0.3) is 0 Å². The van der Waals surface area contributed by atoms with Crippen LogP contribution >= 0.6 is 0 Å². The second-order valence-electron chi connectivity index (χ2n) is 4.66. The number of hydrogen-bond donors (Lipinski definition) is 1. The summed E-state index contributed by atoms with van der Waals surface area (Å²) in [4.78, 5) is 0. The molecule has 3 nitrogen and oxygen atoms in total. The monoisotopic (exact) mass is 249 g/mol. The Morgan fingerprint density at radius 1 is 0.722 bits per heavy atom. The zero-order chi connectivity index (χ0) is 12.5. The van der Waals surface area contributed by atoms with Gasteiger partial charge in [-0.1, -0.05) is 31.4 Å². The Hall–Kier alpha value is -1.22. The first-order valence-corrected chi connectivity index (χ1v) is 7.02. The molecule has 0 spiro atoms. The van der Waals surface area contributed by atoms with Gasteiger partial charge in [-0.15, -0.1) is 0 Å².